The van der Waals surface area contributed by atoms with Crippen LogP contribution in [0.15, 0.2) is 42.5 Å². The van der Waals surface area contributed by atoms with E-state index in [1.54, 1.807) is 0 Å². The molecule has 3 aliphatic heterocycles. The Labute approximate surface area is 204 Å². The number of rotatable bonds is 3. The van der Waals surface area contributed by atoms with Gasteiger partial charge in [0.25, 0.3) is 0 Å². The topological polar surface area (TPSA) is 121 Å². The highest BCUT2D eigenvalue weighted by Gasteiger charge is 2.88. The molecule has 1 aromatic rings. The summed E-state index contributed by atoms with van der Waals surface area (Å²) in [5, 5.41) is 45.6. The number of aliphatic hydroxyl groups excluding tert-OH is 3. The van der Waals surface area contributed by atoms with Gasteiger partial charge in [-0.05, 0) is 37.2 Å². The maximum absolute atomic E-state index is 12.2. The van der Waals surface area contributed by atoms with Crippen LogP contribution in [-0.4, -0.2) is 73.9 Å². The zero-order valence-electron chi connectivity index (χ0n) is 20.3. The van der Waals surface area contributed by atoms with Crippen LogP contribution < -0.4 is 0 Å². The van der Waals surface area contributed by atoms with Crippen LogP contribution in [0.25, 0.3) is 0 Å². The molecule has 4 N–H and O–H groups in total. The van der Waals surface area contributed by atoms with Crippen molar-refractivity contribution in [3.8, 4) is 0 Å². The first-order valence-electron chi connectivity index (χ1n) is 12.7. The number of aliphatic hydroxyl groups is 4. The Morgan fingerprint density at radius 2 is 1.80 bits per heavy atom. The molecule has 7 rings (SSSR count). The van der Waals surface area contributed by atoms with Gasteiger partial charge >= 0.3 is 5.97 Å². The molecule has 8 heteroatoms. The second-order valence-corrected chi connectivity index (χ2v) is 12.0. The Hall–Kier alpha value is -1.36. The van der Waals surface area contributed by atoms with Crippen molar-refractivity contribution in [1.82, 2.24) is 0 Å². The van der Waals surface area contributed by atoms with Crippen molar-refractivity contribution >= 4 is 0 Å². The fraction of sp³-hybridized carbons (Fsp3) is 0.704. The van der Waals surface area contributed by atoms with E-state index in [2.05, 4.69) is 13.5 Å². The fourth-order valence-electron chi connectivity index (χ4n) is 8.76. The highest BCUT2D eigenvalue weighted by atomic mass is 16.9. The molecule has 13 atom stereocenters. The zero-order valence-corrected chi connectivity index (χ0v) is 20.3. The Balaban J connectivity index is 1.51. The number of hydrogen-bond acceptors (Lipinski definition) is 8. The van der Waals surface area contributed by atoms with E-state index >= 15 is 0 Å². The Bertz CT molecular complexity index is 1100. The number of ether oxygens (including phenoxy) is 4. The molecule has 0 amide bonds. The molecule has 35 heavy (non-hydrogen) atoms. The van der Waals surface area contributed by atoms with Gasteiger partial charge in [-0.3, -0.25) is 0 Å². The molecule has 3 saturated heterocycles. The molecule has 190 valence electrons. The van der Waals surface area contributed by atoms with Crippen LogP contribution in [0.1, 0.15) is 39.2 Å². The summed E-state index contributed by atoms with van der Waals surface area (Å²) < 4.78 is 26.7. The summed E-state index contributed by atoms with van der Waals surface area (Å²) in [4.78, 5) is 0. The molecule has 8 nitrogen and oxygen atoms in total. The summed E-state index contributed by atoms with van der Waals surface area (Å²) in [6, 6.07) is 9.48. The van der Waals surface area contributed by atoms with Gasteiger partial charge in [0.1, 0.15) is 35.1 Å². The molecule has 0 spiro atoms. The van der Waals surface area contributed by atoms with Gasteiger partial charge in [-0.1, -0.05) is 50.8 Å². The number of fused-ring (bicyclic) bond motifs is 3. The quantitative estimate of drug-likeness (QED) is 0.372. The van der Waals surface area contributed by atoms with Crippen molar-refractivity contribution in [3.05, 3.63) is 48.0 Å². The second-order valence-electron chi connectivity index (χ2n) is 12.0. The van der Waals surface area contributed by atoms with Crippen molar-refractivity contribution in [2.45, 2.75) is 86.4 Å². The van der Waals surface area contributed by atoms with Gasteiger partial charge in [0.15, 0.2) is 0 Å². The van der Waals surface area contributed by atoms with Crippen molar-refractivity contribution in [2.75, 3.05) is 6.61 Å². The third-order valence-electron chi connectivity index (χ3n) is 10.4. The summed E-state index contributed by atoms with van der Waals surface area (Å²) in [6.45, 7) is 9.67. The molecule has 6 aliphatic rings. The molecule has 3 heterocycles. The summed E-state index contributed by atoms with van der Waals surface area (Å²) in [6.07, 6.45) is -2.88. The van der Waals surface area contributed by atoms with E-state index in [1.807, 2.05) is 44.2 Å². The van der Waals surface area contributed by atoms with E-state index in [0.29, 0.717) is 18.4 Å². The predicted molar refractivity (Wildman–Crippen MR) is 122 cm³/mol. The van der Waals surface area contributed by atoms with Crippen molar-refractivity contribution in [3.63, 3.8) is 0 Å². The minimum Gasteiger partial charge on any atom is -0.393 e. The Morgan fingerprint density at radius 3 is 2.46 bits per heavy atom. The normalized spacial score (nSPS) is 59.4. The molecule has 3 bridgehead atoms. The van der Waals surface area contributed by atoms with E-state index in [1.165, 1.54) is 0 Å². The molecular weight excluding hydrogens is 452 g/mol. The van der Waals surface area contributed by atoms with Crippen LogP contribution in [0, 0.1) is 23.7 Å². The van der Waals surface area contributed by atoms with Crippen LogP contribution in [0.4, 0.5) is 0 Å². The van der Waals surface area contributed by atoms with Gasteiger partial charge in [0, 0.05) is 17.4 Å². The largest absolute Gasteiger partial charge is 0.393 e. The van der Waals surface area contributed by atoms with Crippen LogP contribution >= 0.6 is 0 Å². The monoisotopic (exact) mass is 486 g/mol. The molecule has 3 aliphatic carbocycles. The van der Waals surface area contributed by atoms with E-state index in [-0.39, 0.29) is 11.8 Å². The lowest BCUT2D eigenvalue weighted by atomic mass is 9.54. The van der Waals surface area contributed by atoms with Crippen molar-refractivity contribution < 1.29 is 39.4 Å². The SMILES string of the molecule is C=C(C)[C@]12C[C@@H](C)[C@@]34O[C@](c5ccccc5)(O[C@@H]1C3[C@@H]1O[C@]1(CO)[C@@H](O)[C@@]1(O)C4C[C@H](C)[C@@H]1O)O2. The average Bonchev–Trinajstić information content (AvgIpc) is 3.48. The lowest BCUT2D eigenvalue weighted by molar-refractivity contribution is -0.443. The average molecular weight is 487 g/mol. The van der Waals surface area contributed by atoms with Gasteiger partial charge < -0.3 is 39.4 Å². The summed E-state index contributed by atoms with van der Waals surface area (Å²) in [7, 11) is 0. The first-order chi connectivity index (χ1) is 16.5. The number of hydrogen-bond donors (Lipinski definition) is 4. The molecule has 0 aromatic heterocycles. The highest BCUT2D eigenvalue weighted by Crippen LogP contribution is 2.74. The molecule has 3 saturated carbocycles. The molecule has 1 aromatic carbocycles. The van der Waals surface area contributed by atoms with Crippen molar-refractivity contribution in [2.24, 2.45) is 23.7 Å². The van der Waals surface area contributed by atoms with E-state index in [9.17, 15) is 20.4 Å². The van der Waals surface area contributed by atoms with Crippen LogP contribution in [0.5, 0.6) is 0 Å². The lowest BCUT2D eigenvalue weighted by Gasteiger charge is -2.60. The fourth-order valence-corrected chi connectivity index (χ4v) is 8.76. The van der Waals surface area contributed by atoms with Crippen LogP contribution in [-0.2, 0) is 24.9 Å². The maximum atomic E-state index is 12.2. The van der Waals surface area contributed by atoms with E-state index in [0.717, 1.165) is 5.57 Å². The summed E-state index contributed by atoms with van der Waals surface area (Å²) >= 11 is 0. The number of epoxide rings is 1. The summed E-state index contributed by atoms with van der Waals surface area (Å²) in [5.74, 6) is -3.07. The van der Waals surface area contributed by atoms with Gasteiger partial charge in [-0.25, -0.2) is 0 Å². The minimum absolute atomic E-state index is 0.158. The van der Waals surface area contributed by atoms with Gasteiger partial charge in [0.05, 0.1) is 18.3 Å². The van der Waals surface area contributed by atoms with Crippen molar-refractivity contribution in [1.29, 1.82) is 0 Å². The second kappa shape index (κ2) is 6.55. The standard InChI is InChI=1S/C27H34O8/c1-13(2)23-11-15(4)26-17-10-14(3)19(29)25(17,31)22(30)24(12-28)21(32-24)18(26)20(23)33-27(34-23,35-26)16-8-6-5-7-9-16/h5-9,14-15,17-22,28-31H,1,10-12H2,2-4H3/t14-,15+,17?,18?,19-,20+,21-,22+,23+,24-,25+,26-,27+/m0/s1. The zero-order chi connectivity index (χ0) is 24.8. The van der Waals surface area contributed by atoms with Gasteiger partial charge in [-0.2, -0.15) is 0 Å². The van der Waals surface area contributed by atoms with Gasteiger partial charge in [0.2, 0.25) is 0 Å². The molecule has 6 fully saturated rings. The third-order valence-corrected chi connectivity index (χ3v) is 10.4. The molecule has 0 radical (unpaired) electrons. The Morgan fingerprint density at radius 1 is 1.09 bits per heavy atom. The lowest BCUT2D eigenvalue weighted by Crippen LogP contribution is -2.72. The van der Waals surface area contributed by atoms with Crippen LogP contribution in [0.2, 0.25) is 0 Å². The first-order valence-corrected chi connectivity index (χ1v) is 12.7. The smallest absolute Gasteiger partial charge is 0.313 e. The molecular formula is C27H34O8. The Kier molecular flexibility index (Phi) is 4.27. The predicted octanol–water partition coefficient (Wildman–Crippen LogP) is 1.20. The minimum atomic E-state index is -1.93. The maximum Gasteiger partial charge on any atom is 0.313 e. The third kappa shape index (κ3) is 2.25. The van der Waals surface area contributed by atoms with Crippen LogP contribution in [0.3, 0.4) is 0 Å². The van der Waals surface area contributed by atoms with Gasteiger partial charge in [-0.15, -0.1) is 0 Å². The molecule has 2 unspecified atom stereocenters. The highest BCUT2D eigenvalue weighted by molar-refractivity contribution is 5.38. The first kappa shape index (κ1) is 22.8. The summed E-state index contributed by atoms with van der Waals surface area (Å²) in [5.41, 5.74) is -3.76. The van der Waals surface area contributed by atoms with E-state index in [4.69, 9.17) is 18.9 Å². The van der Waals surface area contributed by atoms with E-state index < -0.39 is 71.2 Å². The number of benzene rings is 1.